The number of thioether (sulfide) groups is 1. The number of alkyl halides is 3. The Balaban J connectivity index is 1.81. The first-order valence-electron chi connectivity index (χ1n) is 8.43. The second-order valence-corrected chi connectivity index (χ2v) is 7.44. The van der Waals surface area contributed by atoms with Crippen molar-refractivity contribution in [1.29, 1.82) is 0 Å². The second kappa shape index (κ2) is 7.90. The van der Waals surface area contributed by atoms with Crippen LogP contribution in [0.25, 0.3) is 0 Å². The molecule has 1 atom stereocenters. The van der Waals surface area contributed by atoms with Crippen molar-refractivity contribution in [1.82, 2.24) is 19.7 Å². The Labute approximate surface area is 161 Å². The van der Waals surface area contributed by atoms with Crippen LogP contribution >= 0.6 is 11.8 Å². The van der Waals surface area contributed by atoms with Gasteiger partial charge in [-0.25, -0.2) is 4.39 Å². The molecule has 28 heavy (non-hydrogen) atoms. The summed E-state index contributed by atoms with van der Waals surface area (Å²) in [5.41, 5.74) is 0.165. The van der Waals surface area contributed by atoms with Crippen molar-refractivity contribution in [3.63, 3.8) is 0 Å². The zero-order valence-electron chi connectivity index (χ0n) is 14.7. The van der Waals surface area contributed by atoms with Crippen LogP contribution in [0.5, 0.6) is 0 Å². The fourth-order valence-electron chi connectivity index (χ4n) is 2.86. The molecule has 11 heteroatoms. The van der Waals surface area contributed by atoms with Crippen molar-refractivity contribution in [2.75, 3.05) is 6.54 Å². The predicted octanol–water partition coefficient (Wildman–Crippen LogP) is 3.29. The Hall–Kier alpha value is -2.43. The first kappa shape index (κ1) is 20.3. The van der Waals surface area contributed by atoms with E-state index in [-0.39, 0.29) is 17.3 Å². The van der Waals surface area contributed by atoms with Crippen LogP contribution in [0.1, 0.15) is 35.4 Å². The van der Waals surface area contributed by atoms with E-state index in [4.69, 9.17) is 0 Å². The average molecular weight is 416 g/mol. The molecular weight excluding hydrogens is 400 g/mol. The summed E-state index contributed by atoms with van der Waals surface area (Å²) in [5.74, 6) is -2.73. The monoisotopic (exact) mass is 416 g/mol. The molecule has 1 fully saturated rings. The lowest BCUT2D eigenvalue weighted by molar-refractivity contribution is -0.147. The first-order valence-corrected chi connectivity index (χ1v) is 9.31. The topological polar surface area (TPSA) is 68.1 Å². The van der Waals surface area contributed by atoms with Crippen LogP contribution < -0.4 is 0 Å². The summed E-state index contributed by atoms with van der Waals surface area (Å²) < 4.78 is 52.5. The fraction of sp³-hybridized carbons (Fsp3) is 0.412. The number of carbonyl (C=O) groups is 2. The molecule has 0 radical (unpaired) electrons. The van der Waals surface area contributed by atoms with Gasteiger partial charge in [0.05, 0.1) is 5.25 Å². The quantitative estimate of drug-likeness (QED) is 0.568. The average Bonchev–Trinajstić information content (AvgIpc) is 2.90. The van der Waals surface area contributed by atoms with Gasteiger partial charge in [0.1, 0.15) is 5.82 Å². The van der Waals surface area contributed by atoms with Gasteiger partial charge in [0, 0.05) is 19.2 Å². The molecule has 0 saturated carbocycles. The normalized spacial score (nSPS) is 18.2. The summed E-state index contributed by atoms with van der Waals surface area (Å²) in [5, 5.41) is 5.87. The van der Waals surface area contributed by atoms with E-state index < -0.39 is 34.9 Å². The van der Waals surface area contributed by atoms with Crippen LogP contribution in [0.3, 0.4) is 0 Å². The summed E-state index contributed by atoms with van der Waals surface area (Å²) in [4.78, 5) is 26.6. The number of halogens is 4. The maximum Gasteiger partial charge on any atom is 0.451 e. The molecule has 2 heterocycles. The Morgan fingerprint density at radius 2 is 1.86 bits per heavy atom. The lowest BCUT2D eigenvalue weighted by atomic mass is 10.2. The van der Waals surface area contributed by atoms with Crippen LogP contribution in [0.2, 0.25) is 0 Å². The number of aromatic nitrogens is 3. The molecule has 6 nitrogen and oxygen atoms in total. The second-order valence-electron chi connectivity index (χ2n) is 6.27. The minimum absolute atomic E-state index is 0.0539. The van der Waals surface area contributed by atoms with Crippen molar-refractivity contribution in [2.24, 2.45) is 7.05 Å². The van der Waals surface area contributed by atoms with E-state index in [1.165, 1.54) is 19.2 Å². The van der Waals surface area contributed by atoms with Gasteiger partial charge < -0.3 is 4.57 Å². The Kier molecular flexibility index (Phi) is 5.73. The molecule has 1 saturated heterocycles. The van der Waals surface area contributed by atoms with E-state index in [9.17, 15) is 27.2 Å². The molecule has 0 N–H and O–H groups in total. The van der Waals surface area contributed by atoms with Gasteiger partial charge in [-0.3, -0.25) is 14.5 Å². The number of likely N-dealkylation sites (tertiary alicyclic amines) is 1. The Morgan fingerprint density at radius 3 is 2.46 bits per heavy atom. The highest BCUT2D eigenvalue weighted by Crippen LogP contribution is 2.33. The van der Waals surface area contributed by atoms with Crippen LogP contribution in [0, 0.1) is 5.82 Å². The van der Waals surface area contributed by atoms with E-state index in [0.717, 1.165) is 33.4 Å². The SMILES string of the molecule is Cn1c(SC2CCCCN(C(=O)c3ccc(F)cc3)C2=O)nnc1C(F)(F)F. The summed E-state index contributed by atoms with van der Waals surface area (Å²) in [6.07, 6.45) is -3.06. The minimum atomic E-state index is -4.65. The van der Waals surface area contributed by atoms with Gasteiger partial charge in [-0.1, -0.05) is 18.2 Å². The zero-order chi connectivity index (χ0) is 20.5. The standard InChI is InChI=1S/C17H16F4N4O2S/c1-24-15(17(19,20)21)22-23-16(24)28-12-4-2-3-9-25(14(12)27)13(26)10-5-7-11(18)8-6-10/h5-8,12H,2-4,9H2,1H3. The summed E-state index contributed by atoms with van der Waals surface area (Å²) in [6.45, 7) is 0.193. The molecule has 2 amide bonds. The highest BCUT2D eigenvalue weighted by Gasteiger charge is 2.39. The van der Waals surface area contributed by atoms with E-state index in [0.29, 0.717) is 19.3 Å². The van der Waals surface area contributed by atoms with E-state index in [1.54, 1.807) is 0 Å². The summed E-state index contributed by atoms with van der Waals surface area (Å²) in [7, 11) is 1.17. The van der Waals surface area contributed by atoms with Crippen LogP contribution in [-0.4, -0.2) is 43.3 Å². The molecule has 0 aliphatic carbocycles. The summed E-state index contributed by atoms with van der Waals surface area (Å²) in [6, 6.07) is 4.83. The van der Waals surface area contributed by atoms with Crippen molar-refractivity contribution < 1.29 is 27.2 Å². The van der Waals surface area contributed by atoms with Gasteiger partial charge in [-0.2, -0.15) is 13.2 Å². The van der Waals surface area contributed by atoms with Gasteiger partial charge in [-0.15, -0.1) is 10.2 Å². The molecule has 1 unspecified atom stereocenters. The lowest BCUT2D eigenvalue weighted by Gasteiger charge is -2.22. The third-order valence-electron chi connectivity index (χ3n) is 4.31. The number of benzene rings is 1. The van der Waals surface area contributed by atoms with Gasteiger partial charge in [0.2, 0.25) is 11.7 Å². The molecule has 1 aromatic carbocycles. The first-order chi connectivity index (χ1) is 13.2. The van der Waals surface area contributed by atoms with E-state index in [2.05, 4.69) is 10.2 Å². The number of carbonyl (C=O) groups excluding carboxylic acids is 2. The van der Waals surface area contributed by atoms with Crippen molar-refractivity contribution >= 4 is 23.6 Å². The van der Waals surface area contributed by atoms with Crippen LogP contribution in [0.4, 0.5) is 17.6 Å². The number of hydrogen-bond acceptors (Lipinski definition) is 5. The van der Waals surface area contributed by atoms with Gasteiger partial charge in [0.15, 0.2) is 5.16 Å². The van der Waals surface area contributed by atoms with Gasteiger partial charge >= 0.3 is 6.18 Å². The number of hydrogen-bond donors (Lipinski definition) is 0. The lowest BCUT2D eigenvalue weighted by Crippen LogP contribution is -2.41. The predicted molar refractivity (Wildman–Crippen MR) is 91.9 cm³/mol. The highest BCUT2D eigenvalue weighted by molar-refractivity contribution is 8.00. The zero-order valence-corrected chi connectivity index (χ0v) is 15.6. The number of imide groups is 1. The highest BCUT2D eigenvalue weighted by atomic mass is 32.2. The van der Waals surface area contributed by atoms with Crippen molar-refractivity contribution in [3.05, 3.63) is 41.5 Å². The van der Waals surface area contributed by atoms with E-state index in [1.807, 2.05) is 0 Å². The van der Waals surface area contributed by atoms with Crippen LogP contribution in [0.15, 0.2) is 29.4 Å². The number of rotatable bonds is 3. The van der Waals surface area contributed by atoms with Crippen molar-refractivity contribution in [3.8, 4) is 0 Å². The molecule has 0 spiro atoms. The molecule has 3 rings (SSSR count). The van der Waals surface area contributed by atoms with Gasteiger partial charge in [-0.05, 0) is 37.1 Å². The maximum atomic E-state index is 13.1. The molecular formula is C17H16F4N4O2S. The molecule has 1 aliphatic rings. The molecule has 0 bridgehead atoms. The number of amides is 2. The smallest absolute Gasteiger partial charge is 0.302 e. The summed E-state index contributed by atoms with van der Waals surface area (Å²) >= 11 is 0.854. The number of nitrogens with zero attached hydrogens (tertiary/aromatic N) is 4. The fourth-order valence-corrected chi connectivity index (χ4v) is 3.96. The molecule has 1 aliphatic heterocycles. The third-order valence-corrected chi connectivity index (χ3v) is 5.60. The molecule has 2 aromatic rings. The maximum absolute atomic E-state index is 13.1. The molecule has 1 aromatic heterocycles. The van der Waals surface area contributed by atoms with Gasteiger partial charge in [0.25, 0.3) is 5.91 Å². The Bertz CT molecular complexity index is 882. The van der Waals surface area contributed by atoms with Crippen molar-refractivity contribution in [2.45, 2.75) is 35.8 Å². The van der Waals surface area contributed by atoms with Crippen LogP contribution in [-0.2, 0) is 18.0 Å². The van der Waals surface area contributed by atoms with E-state index >= 15 is 0 Å². The largest absolute Gasteiger partial charge is 0.451 e. The molecule has 150 valence electrons. The minimum Gasteiger partial charge on any atom is -0.302 e. The Morgan fingerprint density at radius 1 is 1.18 bits per heavy atom. The third kappa shape index (κ3) is 4.18.